The van der Waals surface area contributed by atoms with Gasteiger partial charge in [0.25, 0.3) is 0 Å². The summed E-state index contributed by atoms with van der Waals surface area (Å²) in [6.07, 6.45) is 20.7. The molecule has 0 N–H and O–H groups in total. The van der Waals surface area contributed by atoms with Crippen LogP contribution in [0.5, 0.6) is 0 Å². The molecule has 0 amide bonds. The van der Waals surface area contributed by atoms with E-state index in [1.54, 1.807) is 0 Å². The first kappa shape index (κ1) is 15.3. The van der Waals surface area contributed by atoms with Gasteiger partial charge in [-0.25, -0.2) is 0 Å². The van der Waals surface area contributed by atoms with Gasteiger partial charge in [-0.1, -0.05) is 97.1 Å². The lowest BCUT2D eigenvalue weighted by molar-refractivity contribution is 1.45. The molecule has 0 unspecified atom stereocenters. The van der Waals surface area contributed by atoms with E-state index < -0.39 is 0 Å². The van der Waals surface area contributed by atoms with Gasteiger partial charge in [0.1, 0.15) is 0 Å². The molecule has 3 aliphatic carbocycles. The van der Waals surface area contributed by atoms with Crippen LogP contribution in [0.2, 0.25) is 0 Å². The summed E-state index contributed by atoms with van der Waals surface area (Å²) in [5.74, 6) is 0. The monoisotopic (exact) mass is 298 g/mol. The largest absolute Gasteiger partial charge is 0.0808 e. The van der Waals surface area contributed by atoms with Crippen LogP contribution in [0.4, 0.5) is 0 Å². The van der Waals surface area contributed by atoms with E-state index in [9.17, 15) is 0 Å². The average molecular weight is 298 g/mol. The highest BCUT2D eigenvalue weighted by Gasteiger charge is 1.88. The third-order valence-corrected chi connectivity index (χ3v) is 4.00. The van der Waals surface area contributed by atoms with Crippen LogP contribution in [0.25, 0.3) is 24.3 Å². The summed E-state index contributed by atoms with van der Waals surface area (Å²) in [5.41, 5.74) is 0. The molecule has 0 atom stereocenters. The summed E-state index contributed by atoms with van der Waals surface area (Å²) in [6, 6.07) is 16.9. The van der Waals surface area contributed by atoms with Crippen LogP contribution in [0.3, 0.4) is 0 Å². The van der Waals surface area contributed by atoms with Crippen molar-refractivity contribution in [1.29, 1.82) is 0 Å². The lowest BCUT2D eigenvalue weighted by Crippen LogP contribution is -2.19. The molecule has 0 saturated heterocycles. The molecule has 2 aromatic carbocycles. The standard InChI is InChI=1S/2C9H8.C5H6/c2*1-2-5-9-7-3-6-8(9)4-1;1-2-4-5-3-1/h2*1-2,4-7H,3H2;1-4H,5H2. The molecule has 0 fully saturated rings. The molecule has 2 aromatic rings. The Labute approximate surface area is 137 Å². The predicted molar refractivity (Wildman–Crippen MR) is 101 cm³/mol. The molecule has 0 saturated carbocycles. The number of benzene rings is 2. The lowest BCUT2D eigenvalue weighted by Gasteiger charge is -1.79. The quantitative estimate of drug-likeness (QED) is 0.701. The van der Waals surface area contributed by atoms with Gasteiger partial charge in [-0.3, -0.25) is 0 Å². The Hall–Kier alpha value is -2.60. The maximum atomic E-state index is 2.25. The van der Waals surface area contributed by atoms with Crippen LogP contribution in [-0.4, -0.2) is 0 Å². The normalized spacial score (nSPS) is 14.6. The highest BCUT2D eigenvalue weighted by Crippen LogP contribution is 1.93. The second kappa shape index (κ2) is 8.14. The summed E-state index contributed by atoms with van der Waals surface area (Å²) >= 11 is 0. The van der Waals surface area contributed by atoms with E-state index in [1.165, 1.54) is 20.9 Å². The molecule has 23 heavy (non-hydrogen) atoms. The Bertz CT molecular complexity index is 795. The Kier molecular flexibility index (Phi) is 5.42. The lowest BCUT2D eigenvalue weighted by atomic mass is 10.3. The van der Waals surface area contributed by atoms with E-state index >= 15 is 0 Å². The van der Waals surface area contributed by atoms with Crippen molar-refractivity contribution in [3.8, 4) is 0 Å². The zero-order valence-electron chi connectivity index (χ0n) is 13.4. The van der Waals surface area contributed by atoms with Gasteiger partial charge in [0.05, 0.1) is 0 Å². The fourth-order valence-electron chi connectivity index (χ4n) is 2.78. The van der Waals surface area contributed by atoms with Crippen LogP contribution < -0.4 is 20.9 Å². The van der Waals surface area contributed by atoms with Crippen LogP contribution in [0, 0.1) is 0 Å². The summed E-state index contributed by atoms with van der Waals surface area (Å²) < 4.78 is 0. The van der Waals surface area contributed by atoms with E-state index in [4.69, 9.17) is 0 Å². The second-order valence-corrected chi connectivity index (χ2v) is 5.64. The maximum Gasteiger partial charge on any atom is -0.0151 e. The van der Waals surface area contributed by atoms with E-state index in [1.807, 2.05) is 0 Å². The van der Waals surface area contributed by atoms with E-state index in [0.29, 0.717) is 0 Å². The molecule has 0 nitrogen and oxygen atoms in total. The minimum atomic E-state index is 1.11. The van der Waals surface area contributed by atoms with Crippen molar-refractivity contribution < 1.29 is 0 Å². The van der Waals surface area contributed by atoms with Gasteiger partial charge in [-0.2, -0.15) is 0 Å². The van der Waals surface area contributed by atoms with Gasteiger partial charge < -0.3 is 0 Å². The Balaban J connectivity index is 0.000000107. The fourth-order valence-corrected chi connectivity index (χ4v) is 2.78. The number of hydrogen-bond acceptors (Lipinski definition) is 0. The molecule has 114 valence electrons. The van der Waals surface area contributed by atoms with Gasteiger partial charge in [-0.05, 0) is 40.1 Å². The Morgan fingerprint density at radius 3 is 1.04 bits per heavy atom. The number of allylic oxidation sites excluding steroid dienone is 4. The highest BCUT2D eigenvalue weighted by atomic mass is 13.9. The molecule has 0 spiro atoms. The summed E-state index contributed by atoms with van der Waals surface area (Å²) in [4.78, 5) is 0. The zero-order chi connectivity index (χ0) is 15.7. The number of rotatable bonds is 0. The number of fused-ring (bicyclic) bond motifs is 2. The fraction of sp³-hybridized carbons (Fsp3) is 0.130. The SMILES string of the molecule is C1=CCC=C1.C1=c2ccccc2=CC1.C1=c2ccccc2=CC1. The van der Waals surface area contributed by atoms with Crippen LogP contribution in [0.15, 0.2) is 72.8 Å². The van der Waals surface area contributed by atoms with Crippen LogP contribution in [0.1, 0.15) is 19.3 Å². The van der Waals surface area contributed by atoms with Crippen LogP contribution in [-0.2, 0) is 0 Å². The predicted octanol–water partition coefficient (Wildman–Crippen LogP) is 2.81. The molecule has 0 bridgehead atoms. The van der Waals surface area contributed by atoms with Gasteiger partial charge in [0.15, 0.2) is 0 Å². The molecule has 0 radical (unpaired) electrons. The molecule has 5 rings (SSSR count). The highest BCUT2D eigenvalue weighted by molar-refractivity contribution is 5.46. The molecule has 0 heteroatoms. The molecular formula is C23H22. The van der Waals surface area contributed by atoms with E-state index in [0.717, 1.165) is 19.3 Å². The maximum absolute atomic E-state index is 2.25. The van der Waals surface area contributed by atoms with Crippen molar-refractivity contribution in [2.45, 2.75) is 19.3 Å². The third-order valence-electron chi connectivity index (χ3n) is 4.00. The van der Waals surface area contributed by atoms with E-state index in [2.05, 4.69) is 97.1 Å². The van der Waals surface area contributed by atoms with Gasteiger partial charge in [-0.15, -0.1) is 0 Å². The van der Waals surface area contributed by atoms with Gasteiger partial charge in [0.2, 0.25) is 0 Å². The third kappa shape index (κ3) is 4.43. The van der Waals surface area contributed by atoms with Crippen molar-refractivity contribution in [2.75, 3.05) is 0 Å². The molecule has 3 aliphatic rings. The Morgan fingerprint density at radius 2 is 0.783 bits per heavy atom. The topological polar surface area (TPSA) is 0 Å². The minimum Gasteiger partial charge on any atom is -0.0808 e. The first-order valence-corrected chi connectivity index (χ1v) is 8.26. The van der Waals surface area contributed by atoms with Crippen molar-refractivity contribution >= 4 is 24.3 Å². The second-order valence-electron chi connectivity index (χ2n) is 5.64. The molecule has 0 aromatic heterocycles. The molecule has 0 heterocycles. The molecular weight excluding hydrogens is 276 g/mol. The summed E-state index contributed by atoms with van der Waals surface area (Å²) in [6.45, 7) is 0. The average Bonchev–Trinajstić information content (AvgIpc) is 3.37. The minimum absolute atomic E-state index is 1.11. The van der Waals surface area contributed by atoms with Crippen molar-refractivity contribution in [1.82, 2.24) is 0 Å². The van der Waals surface area contributed by atoms with E-state index in [-0.39, 0.29) is 0 Å². The van der Waals surface area contributed by atoms with Crippen molar-refractivity contribution in [3.05, 3.63) is 93.7 Å². The van der Waals surface area contributed by atoms with Crippen molar-refractivity contribution in [2.24, 2.45) is 0 Å². The van der Waals surface area contributed by atoms with Gasteiger partial charge >= 0.3 is 0 Å². The molecule has 0 aliphatic heterocycles. The number of hydrogen-bond donors (Lipinski definition) is 0. The van der Waals surface area contributed by atoms with Gasteiger partial charge in [0, 0.05) is 0 Å². The smallest absolute Gasteiger partial charge is 0.0151 e. The Morgan fingerprint density at radius 1 is 0.435 bits per heavy atom. The first-order valence-electron chi connectivity index (χ1n) is 8.26. The zero-order valence-corrected chi connectivity index (χ0v) is 13.4. The first-order chi connectivity index (χ1) is 11.4. The van der Waals surface area contributed by atoms with Crippen LogP contribution >= 0.6 is 0 Å². The summed E-state index contributed by atoms with van der Waals surface area (Å²) in [7, 11) is 0. The van der Waals surface area contributed by atoms with Crippen molar-refractivity contribution in [3.63, 3.8) is 0 Å². The summed E-state index contributed by atoms with van der Waals surface area (Å²) in [5, 5.41) is 5.55.